The molecule has 2 fully saturated rings. The third kappa shape index (κ3) is 3.96. The van der Waals surface area contributed by atoms with Gasteiger partial charge in [-0.1, -0.05) is 12.1 Å². The highest BCUT2D eigenvalue weighted by molar-refractivity contribution is 5.96. The smallest absolute Gasteiger partial charge is 0.410 e. The number of amides is 1. The normalized spacial score (nSPS) is 25.5. The molecule has 6 heteroatoms. The highest BCUT2D eigenvalue weighted by Crippen LogP contribution is 2.43. The Morgan fingerprint density at radius 2 is 2.03 bits per heavy atom. The molecule has 2 saturated heterocycles. The van der Waals surface area contributed by atoms with Crippen LogP contribution in [0.25, 0.3) is 0 Å². The highest BCUT2D eigenvalue weighted by Gasteiger charge is 2.46. The molecule has 1 aromatic rings. The van der Waals surface area contributed by atoms with Crippen LogP contribution >= 0.6 is 0 Å². The zero-order valence-electron chi connectivity index (χ0n) is 17.5. The van der Waals surface area contributed by atoms with Gasteiger partial charge >= 0.3 is 6.09 Å². The van der Waals surface area contributed by atoms with Crippen LogP contribution in [-0.2, 0) is 17.7 Å². The van der Waals surface area contributed by atoms with Crippen LogP contribution in [0.4, 0.5) is 4.79 Å². The van der Waals surface area contributed by atoms with Crippen molar-refractivity contribution in [2.24, 2.45) is 5.92 Å². The summed E-state index contributed by atoms with van der Waals surface area (Å²) < 4.78 is 5.48. The van der Waals surface area contributed by atoms with Gasteiger partial charge in [-0.3, -0.25) is 4.79 Å². The molecule has 3 atom stereocenters. The largest absolute Gasteiger partial charge is 0.444 e. The number of nitrogens with zero attached hydrogens (tertiary/aromatic N) is 3. The Labute approximate surface area is 172 Å². The quantitative estimate of drug-likeness (QED) is 0.573. The number of ketones is 1. The van der Waals surface area contributed by atoms with Gasteiger partial charge in [-0.15, -0.1) is 0 Å². The zero-order chi connectivity index (χ0) is 20.8. The van der Waals surface area contributed by atoms with Crippen molar-refractivity contribution in [3.63, 3.8) is 0 Å². The summed E-state index contributed by atoms with van der Waals surface area (Å²) >= 11 is 0. The fraction of sp³-hybridized carbons (Fsp3) is 0.609. The first-order valence-electron chi connectivity index (χ1n) is 10.6. The maximum Gasteiger partial charge on any atom is 0.410 e. The van der Waals surface area contributed by atoms with E-state index in [0.29, 0.717) is 31.5 Å². The van der Waals surface area contributed by atoms with Gasteiger partial charge in [0.1, 0.15) is 5.60 Å². The Kier molecular flexibility index (Phi) is 5.02. The summed E-state index contributed by atoms with van der Waals surface area (Å²) in [5.41, 5.74) is 2.46. The van der Waals surface area contributed by atoms with Crippen molar-refractivity contribution in [1.29, 1.82) is 5.26 Å². The van der Waals surface area contributed by atoms with Crippen LogP contribution in [0.1, 0.15) is 67.9 Å². The molecular weight excluding hydrogens is 366 g/mol. The van der Waals surface area contributed by atoms with E-state index < -0.39 is 5.60 Å². The van der Waals surface area contributed by atoms with Gasteiger partial charge in [0.2, 0.25) is 0 Å². The molecule has 1 aromatic carbocycles. The number of nitriles is 1. The topological polar surface area (TPSA) is 73.6 Å². The molecule has 6 nitrogen and oxygen atoms in total. The summed E-state index contributed by atoms with van der Waals surface area (Å²) in [7, 11) is 0. The molecule has 3 aliphatic rings. The van der Waals surface area contributed by atoms with Crippen LogP contribution in [0.5, 0.6) is 0 Å². The lowest BCUT2D eigenvalue weighted by Gasteiger charge is -2.31. The molecule has 0 aromatic heterocycles. The molecule has 29 heavy (non-hydrogen) atoms. The van der Waals surface area contributed by atoms with E-state index in [9.17, 15) is 14.9 Å². The van der Waals surface area contributed by atoms with Gasteiger partial charge < -0.3 is 14.5 Å². The lowest BCUT2D eigenvalue weighted by Crippen LogP contribution is -2.39. The van der Waals surface area contributed by atoms with Gasteiger partial charge in [-0.2, -0.15) is 5.26 Å². The zero-order valence-corrected chi connectivity index (χ0v) is 17.5. The maximum atomic E-state index is 12.9. The SMILES string of the molecule is CC(C)(C)OC(=O)N1CCc2cc(C(=O)C[C@H]3CC4CCC3N4C#N)ccc2C1. The van der Waals surface area contributed by atoms with Gasteiger partial charge in [-0.25, -0.2) is 4.79 Å². The maximum absolute atomic E-state index is 12.9. The van der Waals surface area contributed by atoms with Crippen LogP contribution in [0.2, 0.25) is 0 Å². The molecule has 0 radical (unpaired) electrons. The molecule has 3 heterocycles. The van der Waals surface area contributed by atoms with Crippen LogP contribution in [0.3, 0.4) is 0 Å². The van der Waals surface area contributed by atoms with Gasteiger partial charge in [0.25, 0.3) is 0 Å². The fourth-order valence-electron chi connectivity index (χ4n) is 5.05. The molecule has 0 aliphatic carbocycles. The number of hydrogen-bond acceptors (Lipinski definition) is 5. The molecular formula is C23H29N3O3. The van der Waals surface area contributed by atoms with Crippen molar-refractivity contribution in [1.82, 2.24) is 9.80 Å². The second-order valence-electron chi connectivity index (χ2n) is 9.56. The minimum absolute atomic E-state index is 0.165. The van der Waals surface area contributed by atoms with Crippen LogP contribution in [0, 0.1) is 17.4 Å². The third-order valence-electron chi connectivity index (χ3n) is 6.42. The van der Waals surface area contributed by atoms with E-state index in [4.69, 9.17) is 4.74 Å². The number of carbonyl (C=O) groups excluding carboxylic acids is 2. The van der Waals surface area contributed by atoms with E-state index in [1.54, 1.807) is 4.90 Å². The predicted octanol–water partition coefficient (Wildman–Crippen LogP) is 3.89. The number of benzene rings is 1. The summed E-state index contributed by atoms with van der Waals surface area (Å²) in [6.45, 7) is 6.72. The Morgan fingerprint density at radius 1 is 1.24 bits per heavy atom. The summed E-state index contributed by atoms with van der Waals surface area (Å²) in [4.78, 5) is 28.9. The first-order chi connectivity index (χ1) is 13.7. The minimum atomic E-state index is -0.506. The molecule has 2 unspecified atom stereocenters. The summed E-state index contributed by atoms with van der Waals surface area (Å²) in [6.07, 6.45) is 6.34. The Hall–Kier alpha value is -2.55. The van der Waals surface area contributed by atoms with E-state index in [1.807, 2.05) is 43.9 Å². The molecule has 0 spiro atoms. The summed E-state index contributed by atoms with van der Waals surface area (Å²) in [5.74, 6) is 0.456. The van der Waals surface area contributed by atoms with Crippen molar-refractivity contribution in [3.05, 3.63) is 34.9 Å². The van der Waals surface area contributed by atoms with Gasteiger partial charge in [-0.05, 0) is 69.6 Å². The van der Waals surface area contributed by atoms with Crippen LogP contribution < -0.4 is 0 Å². The Morgan fingerprint density at radius 3 is 2.72 bits per heavy atom. The molecule has 3 aliphatic heterocycles. The number of fused-ring (bicyclic) bond motifs is 3. The number of Topliss-reactive ketones (excluding diaryl/α,β-unsaturated/α-hetero) is 1. The second kappa shape index (κ2) is 7.37. The van der Waals surface area contributed by atoms with Crippen molar-refractivity contribution in [2.45, 2.75) is 77.1 Å². The molecule has 4 rings (SSSR count). The van der Waals surface area contributed by atoms with Crippen molar-refractivity contribution >= 4 is 11.9 Å². The van der Waals surface area contributed by atoms with E-state index in [2.05, 4.69) is 6.19 Å². The fourth-order valence-corrected chi connectivity index (χ4v) is 5.05. The summed E-state index contributed by atoms with van der Waals surface area (Å²) in [6, 6.07) is 6.44. The molecule has 0 saturated carbocycles. The lowest BCUT2D eigenvalue weighted by molar-refractivity contribution is 0.0223. The van der Waals surface area contributed by atoms with Crippen molar-refractivity contribution in [3.8, 4) is 6.19 Å². The van der Waals surface area contributed by atoms with Crippen LogP contribution in [0.15, 0.2) is 18.2 Å². The van der Waals surface area contributed by atoms with E-state index >= 15 is 0 Å². The van der Waals surface area contributed by atoms with E-state index in [-0.39, 0.29) is 17.9 Å². The lowest BCUT2D eigenvalue weighted by atomic mass is 9.84. The predicted molar refractivity (Wildman–Crippen MR) is 108 cm³/mol. The van der Waals surface area contributed by atoms with E-state index in [1.165, 1.54) is 0 Å². The summed E-state index contributed by atoms with van der Waals surface area (Å²) in [5, 5.41) is 9.33. The number of hydrogen-bond donors (Lipinski definition) is 0. The van der Waals surface area contributed by atoms with Crippen LogP contribution in [-0.4, -0.2) is 45.9 Å². The molecule has 1 amide bonds. The standard InChI is InChI=1S/C23H29N3O3/c1-23(2,3)29-22(28)25-9-8-15-10-16(4-5-17(15)13-25)21(27)12-18-11-19-6-7-20(18)26(19)14-24/h4-5,10,18-20H,6-9,11-13H2,1-3H3/t18-,19?,20?/m1/s1. The monoisotopic (exact) mass is 395 g/mol. The number of carbonyl (C=O) groups is 2. The van der Waals surface area contributed by atoms with Gasteiger partial charge in [0.15, 0.2) is 12.0 Å². The average Bonchev–Trinajstić information content (AvgIpc) is 3.22. The van der Waals surface area contributed by atoms with E-state index in [0.717, 1.165) is 42.4 Å². The third-order valence-corrected chi connectivity index (χ3v) is 6.42. The minimum Gasteiger partial charge on any atom is -0.444 e. The Bertz CT molecular complexity index is 867. The molecule has 154 valence electrons. The number of rotatable bonds is 3. The van der Waals surface area contributed by atoms with Crippen molar-refractivity contribution < 1.29 is 14.3 Å². The Balaban J connectivity index is 1.40. The second-order valence-corrected chi connectivity index (χ2v) is 9.56. The molecule has 2 bridgehead atoms. The average molecular weight is 396 g/mol. The highest BCUT2D eigenvalue weighted by atomic mass is 16.6. The van der Waals surface area contributed by atoms with Gasteiger partial charge in [0, 0.05) is 37.2 Å². The van der Waals surface area contributed by atoms with Crippen molar-refractivity contribution in [2.75, 3.05) is 6.54 Å². The van der Waals surface area contributed by atoms with Gasteiger partial charge in [0.05, 0.1) is 0 Å². The number of ether oxygens (including phenoxy) is 1. The molecule has 0 N–H and O–H groups in total. The first-order valence-corrected chi connectivity index (χ1v) is 10.6. The first kappa shape index (κ1) is 19.8.